The highest BCUT2D eigenvalue weighted by atomic mass is 16.1. The second-order valence-electron chi connectivity index (χ2n) is 7.94. The number of carbonyl (C=O) groups excluding carboxylic acids is 1. The summed E-state index contributed by atoms with van der Waals surface area (Å²) in [5.41, 5.74) is 6.14. The average molecular weight is 420 g/mol. The van der Waals surface area contributed by atoms with Gasteiger partial charge in [0.1, 0.15) is 6.29 Å². The molecule has 4 rings (SSSR count). The van der Waals surface area contributed by atoms with Crippen molar-refractivity contribution in [2.75, 3.05) is 18.0 Å². The fraction of sp³-hybridized carbons (Fsp3) is 0.167. The SMILES string of the molecule is CCN(CC)c1ccc(C(c2ccccc2)(c2ccccc2)c2ccc(C=O)cc2)cc1. The summed E-state index contributed by atoms with van der Waals surface area (Å²) >= 11 is 0. The predicted molar refractivity (Wildman–Crippen MR) is 134 cm³/mol. The summed E-state index contributed by atoms with van der Waals surface area (Å²) in [7, 11) is 0. The Bertz CT molecular complexity index is 1090. The normalized spacial score (nSPS) is 11.2. The first-order valence-corrected chi connectivity index (χ1v) is 11.3. The van der Waals surface area contributed by atoms with E-state index < -0.39 is 5.41 Å². The number of anilines is 1. The van der Waals surface area contributed by atoms with Gasteiger partial charge < -0.3 is 4.90 Å². The molecule has 0 unspecified atom stereocenters. The van der Waals surface area contributed by atoms with Crippen LogP contribution in [-0.2, 0) is 5.41 Å². The summed E-state index contributed by atoms with van der Waals surface area (Å²) in [5, 5.41) is 0. The Morgan fingerprint density at radius 2 is 1.00 bits per heavy atom. The van der Waals surface area contributed by atoms with Crippen molar-refractivity contribution in [3.8, 4) is 0 Å². The van der Waals surface area contributed by atoms with Crippen molar-refractivity contribution >= 4 is 12.0 Å². The van der Waals surface area contributed by atoms with Gasteiger partial charge >= 0.3 is 0 Å². The molecule has 0 aromatic heterocycles. The summed E-state index contributed by atoms with van der Waals surface area (Å²) in [5.74, 6) is 0. The monoisotopic (exact) mass is 419 g/mol. The van der Waals surface area contributed by atoms with Gasteiger partial charge in [0.05, 0.1) is 5.41 Å². The van der Waals surface area contributed by atoms with Crippen LogP contribution >= 0.6 is 0 Å². The molecule has 160 valence electrons. The molecule has 0 aliphatic rings. The summed E-state index contributed by atoms with van der Waals surface area (Å²) in [4.78, 5) is 13.7. The predicted octanol–water partition coefficient (Wildman–Crippen LogP) is 6.73. The molecule has 32 heavy (non-hydrogen) atoms. The Kier molecular flexibility index (Phi) is 6.51. The second-order valence-corrected chi connectivity index (χ2v) is 7.94. The molecular weight excluding hydrogens is 390 g/mol. The van der Waals surface area contributed by atoms with Crippen LogP contribution < -0.4 is 4.90 Å². The van der Waals surface area contributed by atoms with Crippen LogP contribution in [0.3, 0.4) is 0 Å². The lowest BCUT2D eigenvalue weighted by Gasteiger charge is -2.37. The number of hydrogen-bond acceptors (Lipinski definition) is 2. The van der Waals surface area contributed by atoms with Crippen LogP contribution in [0, 0.1) is 0 Å². The average Bonchev–Trinajstić information content (AvgIpc) is 2.88. The first-order chi connectivity index (χ1) is 15.7. The fourth-order valence-corrected chi connectivity index (χ4v) is 4.70. The van der Waals surface area contributed by atoms with Gasteiger partial charge in [0.25, 0.3) is 0 Å². The molecule has 4 aromatic rings. The number of benzene rings is 4. The Balaban J connectivity index is 2.01. The molecule has 0 bridgehead atoms. The number of hydrogen-bond donors (Lipinski definition) is 0. The van der Waals surface area contributed by atoms with Crippen LogP contribution in [0.25, 0.3) is 0 Å². The topological polar surface area (TPSA) is 20.3 Å². The van der Waals surface area contributed by atoms with E-state index in [-0.39, 0.29) is 0 Å². The van der Waals surface area contributed by atoms with Crippen molar-refractivity contribution < 1.29 is 4.79 Å². The van der Waals surface area contributed by atoms with Crippen molar-refractivity contribution in [1.82, 2.24) is 0 Å². The second kappa shape index (κ2) is 9.65. The zero-order valence-corrected chi connectivity index (χ0v) is 18.7. The van der Waals surface area contributed by atoms with Crippen molar-refractivity contribution in [3.63, 3.8) is 0 Å². The minimum atomic E-state index is -0.494. The number of aldehydes is 1. The van der Waals surface area contributed by atoms with E-state index in [9.17, 15) is 4.79 Å². The lowest BCUT2D eigenvalue weighted by Crippen LogP contribution is -2.31. The Morgan fingerprint density at radius 1 is 0.594 bits per heavy atom. The maximum Gasteiger partial charge on any atom is 0.150 e. The van der Waals surface area contributed by atoms with Crippen LogP contribution in [0.1, 0.15) is 46.5 Å². The Hall–Kier alpha value is -3.65. The molecular formula is C30H29NO. The molecule has 0 radical (unpaired) electrons. The molecule has 0 saturated carbocycles. The molecule has 2 nitrogen and oxygen atoms in total. The summed E-state index contributed by atoms with van der Waals surface area (Å²) < 4.78 is 0. The van der Waals surface area contributed by atoms with Gasteiger partial charge in [0.15, 0.2) is 0 Å². The number of nitrogens with zero attached hydrogens (tertiary/aromatic N) is 1. The molecule has 0 aliphatic heterocycles. The van der Waals surface area contributed by atoms with Crippen LogP contribution in [-0.4, -0.2) is 19.4 Å². The van der Waals surface area contributed by atoms with Gasteiger partial charge in [-0.1, -0.05) is 97.1 Å². The van der Waals surface area contributed by atoms with Gasteiger partial charge in [-0.2, -0.15) is 0 Å². The molecule has 0 aliphatic carbocycles. The van der Waals surface area contributed by atoms with E-state index in [2.05, 4.69) is 116 Å². The van der Waals surface area contributed by atoms with Crippen LogP contribution in [0.15, 0.2) is 109 Å². The van der Waals surface area contributed by atoms with Gasteiger partial charge in [-0.25, -0.2) is 0 Å². The van der Waals surface area contributed by atoms with Gasteiger partial charge in [-0.15, -0.1) is 0 Å². The minimum Gasteiger partial charge on any atom is -0.372 e. The van der Waals surface area contributed by atoms with Gasteiger partial charge in [-0.3, -0.25) is 4.79 Å². The van der Waals surface area contributed by atoms with Crippen LogP contribution in [0.5, 0.6) is 0 Å². The highest BCUT2D eigenvalue weighted by molar-refractivity contribution is 5.75. The first kappa shape index (κ1) is 21.6. The highest BCUT2D eigenvalue weighted by Crippen LogP contribution is 2.45. The van der Waals surface area contributed by atoms with Crippen LogP contribution in [0.4, 0.5) is 5.69 Å². The van der Waals surface area contributed by atoms with E-state index in [0.717, 1.165) is 24.9 Å². The first-order valence-electron chi connectivity index (χ1n) is 11.3. The van der Waals surface area contributed by atoms with Crippen molar-refractivity contribution in [3.05, 3.63) is 137 Å². The smallest absolute Gasteiger partial charge is 0.150 e. The third kappa shape index (κ3) is 3.85. The Morgan fingerprint density at radius 3 is 1.41 bits per heavy atom. The molecule has 0 amide bonds. The third-order valence-corrected chi connectivity index (χ3v) is 6.32. The molecule has 0 atom stereocenters. The van der Waals surface area contributed by atoms with Crippen molar-refractivity contribution in [2.45, 2.75) is 19.3 Å². The standard InChI is InChI=1S/C30H29NO/c1-3-31(4-2)29-21-19-28(20-22-29)30(25-11-7-5-8-12-25,26-13-9-6-10-14-26)27-17-15-24(23-32)16-18-27/h5-23H,3-4H2,1-2H3. The lowest BCUT2D eigenvalue weighted by atomic mass is 9.65. The van der Waals surface area contributed by atoms with Crippen LogP contribution in [0.2, 0.25) is 0 Å². The Labute approximate surface area is 191 Å². The third-order valence-electron chi connectivity index (χ3n) is 6.32. The minimum absolute atomic E-state index is 0.494. The van der Waals surface area contributed by atoms with E-state index in [1.54, 1.807) is 0 Å². The molecule has 0 N–H and O–H groups in total. The zero-order chi connectivity index (χ0) is 22.4. The van der Waals surface area contributed by atoms with Gasteiger partial charge in [-0.05, 0) is 48.2 Å². The van der Waals surface area contributed by atoms with Gasteiger partial charge in [0.2, 0.25) is 0 Å². The zero-order valence-electron chi connectivity index (χ0n) is 18.7. The molecule has 4 aromatic carbocycles. The summed E-state index contributed by atoms with van der Waals surface area (Å²) in [6.07, 6.45) is 0.898. The van der Waals surface area contributed by atoms with E-state index in [1.807, 2.05) is 12.1 Å². The van der Waals surface area contributed by atoms with E-state index in [4.69, 9.17) is 0 Å². The quantitative estimate of drug-likeness (QED) is 0.233. The van der Waals surface area contributed by atoms with Gasteiger partial charge in [0, 0.05) is 24.3 Å². The van der Waals surface area contributed by atoms with E-state index >= 15 is 0 Å². The highest BCUT2D eigenvalue weighted by Gasteiger charge is 2.38. The van der Waals surface area contributed by atoms with Crippen molar-refractivity contribution in [1.29, 1.82) is 0 Å². The van der Waals surface area contributed by atoms with Crippen molar-refractivity contribution in [2.24, 2.45) is 0 Å². The number of rotatable bonds is 8. The summed E-state index contributed by atoms with van der Waals surface area (Å²) in [6.45, 7) is 6.32. The van der Waals surface area contributed by atoms with E-state index in [1.165, 1.54) is 22.4 Å². The lowest BCUT2D eigenvalue weighted by molar-refractivity contribution is 0.112. The molecule has 0 saturated heterocycles. The molecule has 0 spiro atoms. The maximum absolute atomic E-state index is 11.3. The largest absolute Gasteiger partial charge is 0.372 e. The maximum atomic E-state index is 11.3. The molecule has 2 heteroatoms. The number of carbonyl (C=O) groups is 1. The summed E-state index contributed by atoms with van der Waals surface area (Å²) in [6, 6.07) is 38.2. The van der Waals surface area contributed by atoms with E-state index in [0.29, 0.717) is 5.56 Å². The molecule has 0 heterocycles. The fourth-order valence-electron chi connectivity index (χ4n) is 4.70. The molecule has 0 fully saturated rings.